The molecule has 1 aliphatic rings. The van der Waals surface area contributed by atoms with Gasteiger partial charge in [-0.15, -0.1) is 0 Å². The molecule has 0 aliphatic heterocycles. The number of ether oxygens (including phenoxy) is 1. The van der Waals surface area contributed by atoms with Crippen LogP contribution in [0.15, 0.2) is 12.2 Å². The normalized spacial score (nSPS) is 33.6. The summed E-state index contributed by atoms with van der Waals surface area (Å²) in [5.74, 6) is 0. The van der Waals surface area contributed by atoms with Gasteiger partial charge < -0.3 is 9.29 Å². The van der Waals surface area contributed by atoms with Crippen LogP contribution >= 0.6 is 0 Å². The van der Waals surface area contributed by atoms with E-state index in [2.05, 4.69) is 0 Å². The maximum atomic E-state index is 10.6. The summed E-state index contributed by atoms with van der Waals surface area (Å²) in [6, 6.07) is 0. The molecule has 0 saturated heterocycles. The molecule has 64 valence electrons. The molecule has 0 aromatic heterocycles. The number of hydrogen-bond acceptors (Lipinski definition) is 2. The van der Waals surface area contributed by atoms with Gasteiger partial charge in [-0.2, -0.15) is 0 Å². The van der Waals surface area contributed by atoms with E-state index in [1.54, 1.807) is 13.2 Å². The molecule has 0 aromatic rings. The van der Waals surface area contributed by atoms with E-state index < -0.39 is 11.1 Å². The molecule has 0 spiro atoms. The molecule has 0 saturated carbocycles. The van der Waals surface area contributed by atoms with Crippen molar-refractivity contribution in [1.29, 1.82) is 0 Å². The van der Waals surface area contributed by atoms with Crippen LogP contribution in [0.2, 0.25) is 0 Å². The van der Waals surface area contributed by atoms with E-state index in [-0.39, 0.29) is 11.4 Å². The molecule has 0 amide bonds. The second kappa shape index (κ2) is 3.99. The molecule has 3 nitrogen and oxygen atoms in total. The summed E-state index contributed by atoms with van der Waals surface area (Å²) >= 11 is -1.71. The van der Waals surface area contributed by atoms with Crippen LogP contribution < -0.4 is 0 Å². The van der Waals surface area contributed by atoms with Crippen molar-refractivity contribution >= 4 is 11.1 Å². The van der Waals surface area contributed by atoms with Crippen LogP contribution in [0.3, 0.4) is 0 Å². The lowest BCUT2D eigenvalue weighted by Crippen LogP contribution is -2.21. The average Bonchev–Trinajstić information content (AvgIpc) is 2.05. The monoisotopic (exact) mass is 176 g/mol. The van der Waals surface area contributed by atoms with Crippen molar-refractivity contribution in [3.8, 4) is 0 Å². The lowest BCUT2D eigenvalue weighted by molar-refractivity contribution is 0.128. The molecular formula is C7H12O3S. The number of rotatable bonds is 2. The molecule has 1 N–H and O–H groups in total. The van der Waals surface area contributed by atoms with Gasteiger partial charge in [0.05, 0.1) is 11.4 Å². The van der Waals surface area contributed by atoms with Crippen LogP contribution in [0.4, 0.5) is 0 Å². The summed E-state index contributed by atoms with van der Waals surface area (Å²) in [4.78, 5) is 0. The third-order valence-corrected chi connectivity index (χ3v) is 2.75. The fraction of sp³-hybridized carbons (Fsp3) is 0.714. The van der Waals surface area contributed by atoms with Crippen LogP contribution in [0, 0.1) is 0 Å². The zero-order valence-corrected chi connectivity index (χ0v) is 7.21. The highest BCUT2D eigenvalue weighted by atomic mass is 32.2. The Kier molecular flexibility index (Phi) is 3.23. The van der Waals surface area contributed by atoms with Crippen LogP contribution in [-0.2, 0) is 15.8 Å². The van der Waals surface area contributed by atoms with Gasteiger partial charge in [-0.3, -0.25) is 0 Å². The maximum absolute atomic E-state index is 10.6. The second-order valence-corrected chi connectivity index (χ2v) is 3.71. The zero-order valence-electron chi connectivity index (χ0n) is 6.40. The molecule has 3 unspecified atom stereocenters. The molecule has 1 rings (SSSR count). The van der Waals surface area contributed by atoms with Crippen molar-refractivity contribution < 1.29 is 13.5 Å². The van der Waals surface area contributed by atoms with Crippen molar-refractivity contribution in [2.45, 2.75) is 24.2 Å². The topological polar surface area (TPSA) is 46.5 Å². The maximum Gasteiger partial charge on any atom is 0.159 e. The molecule has 4 heteroatoms. The Morgan fingerprint density at radius 3 is 2.64 bits per heavy atom. The van der Waals surface area contributed by atoms with Crippen molar-refractivity contribution in [2.24, 2.45) is 0 Å². The van der Waals surface area contributed by atoms with Crippen LogP contribution in [0.25, 0.3) is 0 Å². The van der Waals surface area contributed by atoms with Gasteiger partial charge in [0.15, 0.2) is 11.1 Å². The molecule has 1 aliphatic carbocycles. The van der Waals surface area contributed by atoms with Crippen LogP contribution in [0.5, 0.6) is 0 Å². The van der Waals surface area contributed by atoms with Crippen LogP contribution in [-0.4, -0.2) is 27.2 Å². The summed E-state index contributed by atoms with van der Waals surface area (Å²) in [7, 11) is 1.64. The first kappa shape index (κ1) is 8.90. The molecule has 11 heavy (non-hydrogen) atoms. The van der Waals surface area contributed by atoms with Gasteiger partial charge in [0, 0.05) is 7.11 Å². The van der Waals surface area contributed by atoms with E-state index in [0.717, 1.165) is 12.8 Å². The minimum absolute atomic E-state index is 0.134. The smallest absolute Gasteiger partial charge is 0.159 e. The molecule has 0 radical (unpaired) electrons. The summed E-state index contributed by atoms with van der Waals surface area (Å²) in [5, 5.41) is -0.193. The van der Waals surface area contributed by atoms with Gasteiger partial charge in [0.2, 0.25) is 0 Å². The fourth-order valence-corrected chi connectivity index (χ4v) is 1.70. The van der Waals surface area contributed by atoms with Crippen molar-refractivity contribution in [1.82, 2.24) is 0 Å². The van der Waals surface area contributed by atoms with E-state index in [1.165, 1.54) is 0 Å². The van der Waals surface area contributed by atoms with Crippen molar-refractivity contribution in [3.63, 3.8) is 0 Å². The average molecular weight is 176 g/mol. The van der Waals surface area contributed by atoms with Crippen molar-refractivity contribution in [2.75, 3.05) is 7.11 Å². The Labute approximate surface area is 68.7 Å². The standard InChI is InChI=1S/C7H12O3S/c1-10-6-2-4-7(5-3-6)11(8)9/h2,4,6-7H,3,5H2,1H3,(H,8,9). The molecule has 0 heterocycles. The first-order chi connectivity index (χ1) is 5.24. The Bertz CT molecular complexity index is 179. The third-order valence-electron chi connectivity index (χ3n) is 1.84. The first-order valence-electron chi connectivity index (χ1n) is 3.55. The van der Waals surface area contributed by atoms with E-state index in [0.29, 0.717) is 0 Å². The molecule has 3 atom stereocenters. The van der Waals surface area contributed by atoms with Crippen LogP contribution in [0.1, 0.15) is 12.8 Å². The predicted molar refractivity (Wildman–Crippen MR) is 43.7 cm³/mol. The second-order valence-electron chi connectivity index (χ2n) is 2.55. The van der Waals surface area contributed by atoms with Gasteiger partial charge in [0.1, 0.15) is 0 Å². The highest BCUT2D eigenvalue weighted by Crippen LogP contribution is 2.16. The van der Waals surface area contributed by atoms with E-state index in [4.69, 9.17) is 9.29 Å². The van der Waals surface area contributed by atoms with E-state index >= 15 is 0 Å². The molecule has 0 aromatic carbocycles. The minimum atomic E-state index is -1.71. The summed E-state index contributed by atoms with van der Waals surface area (Å²) < 4.78 is 24.3. The van der Waals surface area contributed by atoms with Gasteiger partial charge in [-0.25, -0.2) is 4.21 Å². The Morgan fingerprint density at radius 1 is 1.55 bits per heavy atom. The summed E-state index contributed by atoms with van der Waals surface area (Å²) in [6.07, 6.45) is 5.31. The van der Waals surface area contributed by atoms with E-state index in [1.807, 2.05) is 6.08 Å². The predicted octanol–water partition coefficient (Wildman–Crippen LogP) is 0.942. The quantitative estimate of drug-likeness (QED) is 0.503. The lowest BCUT2D eigenvalue weighted by Gasteiger charge is -2.18. The molecule has 0 bridgehead atoms. The minimum Gasteiger partial charge on any atom is -0.377 e. The third kappa shape index (κ3) is 2.39. The fourth-order valence-electron chi connectivity index (χ4n) is 1.13. The highest BCUT2D eigenvalue weighted by molar-refractivity contribution is 7.80. The number of hydrogen-bond donors (Lipinski definition) is 1. The highest BCUT2D eigenvalue weighted by Gasteiger charge is 2.18. The van der Waals surface area contributed by atoms with E-state index in [9.17, 15) is 4.21 Å². The Hall–Kier alpha value is -0.190. The van der Waals surface area contributed by atoms with Gasteiger partial charge >= 0.3 is 0 Å². The summed E-state index contributed by atoms with van der Waals surface area (Å²) in [5.41, 5.74) is 0. The first-order valence-corrected chi connectivity index (χ1v) is 4.72. The Morgan fingerprint density at radius 2 is 2.27 bits per heavy atom. The van der Waals surface area contributed by atoms with Gasteiger partial charge in [-0.05, 0) is 12.8 Å². The number of methoxy groups -OCH3 is 1. The largest absolute Gasteiger partial charge is 0.377 e. The zero-order chi connectivity index (χ0) is 8.27. The lowest BCUT2D eigenvalue weighted by atomic mass is 10.1. The molecular weight excluding hydrogens is 164 g/mol. The molecule has 0 fully saturated rings. The van der Waals surface area contributed by atoms with Gasteiger partial charge in [0.25, 0.3) is 0 Å². The van der Waals surface area contributed by atoms with Gasteiger partial charge in [-0.1, -0.05) is 12.2 Å². The SMILES string of the molecule is COC1C=CC(S(=O)O)CC1. The van der Waals surface area contributed by atoms with Crippen molar-refractivity contribution in [3.05, 3.63) is 12.2 Å². The Balaban J connectivity index is 2.49. The summed E-state index contributed by atoms with van der Waals surface area (Å²) in [6.45, 7) is 0.